The van der Waals surface area contributed by atoms with Crippen LogP contribution in [0.3, 0.4) is 0 Å². The Morgan fingerprint density at radius 1 is 0.457 bits per heavy atom. The molecule has 0 aromatic rings. The van der Waals surface area contributed by atoms with Crippen molar-refractivity contribution in [2.24, 2.45) is 0 Å². The molecule has 0 N–H and O–H groups in total. The lowest BCUT2D eigenvalue weighted by Gasteiger charge is -2.44. The van der Waals surface area contributed by atoms with Crippen molar-refractivity contribution in [1.82, 2.24) is 0 Å². The largest absolute Gasteiger partial charge is 0.385 e. The van der Waals surface area contributed by atoms with Crippen LogP contribution >= 0.6 is 0 Å². The van der Waals surface area contributed by atoms with Gasteiger partial charge in [0.1, 0.15) is 6.10 Å². The van der Waals surface area contributed by atoms with Gasteiger partial charge in [0.15, 0.2) is 0 Å². The molecule has 2 unspecified atom stereocenters. The fourth-order valence-electron chi connectivity index (χ4n) is 2.18. The molecule has 0 aliphatic carbocycles. The Bertz CT molecular complexity index is 780. The number of hydrogen-bond acceptors (Lipinski definition) is 1. The van der Waals surface area contributed by atoms with Crippen molar-refractivity contribution in [1.29, 1.82) is 0 Å². The van der Waals surface area contributed by atoms with E-state index in [1.165, 1.54) is 0 Å². The third kappa shape index (κ3) is 3.86. The number of halogens is 21. The van der Waals surface area contributed by atoms with Crippen molar-refractivity contribution in [3.8, 4) is 0 Å². The van der Waals surface area contributed by atoms with Crippen molar-refractivity contribution >= 4 is 0 Å². The Balaban J connectivity index is 3.67. The molecule has 0 aromatic heterocycles. The maximum atomic E-state index is 13.5. The summed E-state index contributed by atoms with van der Waals surface area (Å²) >= 11 is 0. The Hall–Kier alpha value is -1.51. The number of rotatable bonds is 11. The summed E-state index contributed by atoms with van der Waals surface area (Å²) in [5.41, 5.74) is 0. The highest BCUT2D eigenvalue weighted by atomic mass is 19.4. The third-order valence-electron chi connectivity index (χ3n) is 4.50. The zero-order valence-electron chi connectivity index (χ0n) is 15.3. The lowest BCUT2D eigenvalue weighted by Crippen LogP contribution is -2.76. The van der Waals surface area contributed by atoms with Crippen LogP contribution in [0.2, 0.25) is 0 Å². The van der Waals surface area contributed by atoms with Crippen molar-refractivity contribution in [2.45, 2.75) is 72.0 Å². The second-order valence-corrected chi connectivity index (χ2v) is 6.85. The zero-order valence-corrected chi connectivity index (χ0v) is 15.3. The molecule has 0 aromatic carbocycles. The van der Waals surface area contributed by atoms with Crippen molar-refractivity contribution in [2.75, 3.05) is 6.61 Å². The molecule has 0 saturated carbocycles. The number of epoxide rings is 1. The molecule has 0 bridgehead atoms. The summed E-state index contributed by atoms with van der Waals surface area (Å²) < 4.78 is 279. The molecule has 2 atom stereocenters. The van der Waals surface area contributed by atoms with E-state index in [-0.39, 0.29) is 0 Å². The summed E-state index contributed by atoms with van der Waals surface area (Å²) in [7, 11) is 0. The van der Waals surface area contributed by atoms with E-state index in [0.29, 0.717) is 0 Å². The summed E-state index contributed by atoms with van der Waals surface area (Å²) in [5.74, 6) is -74.5. The second kappa shape index (κ2) is 7.99. The molecule has 1 heterocycles. The minimum absolute atomic E-state index is 1.42. The summed E-state index contributed by atoms with van der Waals surface area (Å²) in [5, 5.41) is 0. The van der Waals surface area contributed by atoms with Crippen LogP contribution in [0.4, 0.5) is 92.2 Å². The Labute approximate surface area is 177 Å². The summed E-state index contributed by atoms with van der Waals surface area (Å²) in [4.78, 5) is 0. The predicted molar refractivity (Wildman–Crippen MR) is 65.2 cm³/mol. The Morgan fingerprint density at radius 3 is 0.971 bits per heavy atom. The number of hydrogen-bond donors (Lipinski definition) is 0. The normalized spacial score (nSPS) is 20.9. The summed E-state index contributed by atoms with van der Waals surface area (Å²) in [6.45, 7) is -1.42. The highest BCUT2D eigenvalue weighted by Gasteiger charge is 2.96. The minimum Gasteiger partial charge on any atom is -0.366 e. The lowest BCUT2D eigenvalue weighted by atomic mass is 9.86. The number of ether oxygens (including phenoxy) is 1. The van der Waals surface area contributed by atoms with Gasteiger partial charge in [-0.25, -0.2) is 22.0 Å². The first-order valence-corrected chi connectivity index (χ1v) is 7.89. The lowest BCUT2D eigenvalue weighted by molar-refractivity contribution is -0.461. The molecule has 1 saturated heterocycles. The van der Waals surface area contributed by atoms with Crippen molar-refractivity contribution in [3.63, 3.8) is 0 Å². The number of alkyl halides is 21. The van der Waals surface area contributed by atoms with Crippen LogP contribution in [0, 0.1) is 0 Å². The van der Waals surface area contributed by atoms with Gasteiger partial charge in [0.05, 0.1) is 6.61 Å². The van der Waals surface area contributed by atoms with Gasteiger partial charge in [0.2, 0.25) is 6.17 Å². The first-order chi connectivity index (χ1) is 15.0. The van der Waals surface area contributed by atoms with Gasteiger partial charge >= 0.3 is 59.7 Å². The maximum Gasteiger partial charge on any atom is 0.385 e. The van der Waals surface area contributed by atoms with Crippen LogP contribution in [0.15, 0.2) is 0 Å². The second-order valence-electron chi connectivity index (χ2n) is 6.85. The minimum atomic E-state index is -9.05. The maximum absolute atomic E-state index is 13.5. The molecule has 1 aliphatic heterocycles. The topological polar surface area (TPSA) is 12.5 Å². The molecule has 22 heteroatoms. The first kappa shape index (κ1) is 31.5. The van der Waals surface area contributed by atoms with E-state index in [2.05, 4.69) is 4.74 Å². The van der Waals surface area contributed by atoms with Crippen molar-refractivity contribution in [3.05, 3.63) is 0 Å². The van der Waals surface area contributed by atoms with Gasteiger partial charge in [-0.15, -0.1) is 0 Å². The van der Waals surface area contributed by atoms with E-state index in [4.69, 9.17) is 0 Å². The Morgan fingerprint density at radius 2 is 0.714 bits per heavy atom. The van der Waals surface area contributed by atoms with E-state index in [1.807, 2.05) is 0 Å². The summed E-state index contributed by atoms with van der Waals surface area (Å²) in [6, 6.07) is 0. The van der Waals surface area contributed by atoms with E-state index < -0.39 is 78.6 Å². The average Bonchev–Trinajstić information content (AvgIpc) is 3.51. The zero-order chi connectivity index (χ0) is 28.6. The van der Waals surface area contributed by atoms with E-state index in [9.17, 15) is 92.2 Å². The molecular formula is C13H5F21O. The van der Waals surface area contributed by atoms with Crippen LogP contribution < -0.4 is 0 Å². The monoisotopic (exact) mass is 576 g/mol. The highest BCUT2D eigenvalue weighted by molar-refractivity contribution is 5.18. The molecule has 210 valence electrons. The van der Waals surface area contributed by atoms with Gasteiger partial charge < -0.3 is 4.74 Å². The third-order valence-corrected chi connectivity index (χ3v) is 4.50. The first-order valence-electron chi connectivity index (χ1n) is 7.89. The van der Waals surface area contributed by atoms with Gasteiger partial charge in [0.25, 0.3) is 0 Å². The molecule has 1 aliphatic rings. The predicted octanol–water partition coefficient (Wildman–Crippen LogP) is 6.71. The van der Waals surface area contributed by atoms with Crippen LogP contribution in [0.25, 0.3) is 0 Å². The molecule has 1 rings (SSSR count). The van der Waals surface area contributed by atoms with E-state index in [0.717, 1.165) is 0 Å². The van der Waals surface area contributed by atoms with Gasteiger partial charge in [-0.3, -0.25) is 0 Å². The van der Waals surface area contributed by atoms with E-state index in [1.54, 1.807) is 0 Å². The molecule has 0 spiro atoms. The smallest absolute Gasteiger partial charge is 0.366 e. The van der Waals surface area contributed by atoms with Gasteiger partial charge in [-0.1, -0.05) is 0 Å². The van der Waals surface area contributed by atoms with Gasteiger partial charge in [0, 0.05) is 0 Å². The van der Waals surface area contributed by atoms with Crippen LogP contribution in [-0.2, 0) is 4.74 Å². The molecule has 1 fully saturated rings. The fourth-order valence-corrected chi connectivity index (χ4v) is 2.18. The molecule has 0 radical (unpaired) electrons. The highest BCUT2D eigenvalue weighted by Crippen LogP contribution is 2.65. The van der Waals surface area contributed by atoms with Gasteiger partial charge in [-0.05, 0) is 0 Å². The standard InChI is InChI=1S/C13H5F21O/c14-3(5(17,18)2-1-35-2)6(19,20)8(23,24)10(27,28)12(31,32)13(33,34)11(29,30)9(25,26)7(21,22)4(15)16/h2-4H,1H2. The van der Waals surface area contributed by atoms with Crippen LogP contribution in [0.5, 0.6) is 0 Å². The molecule has 1 nitrogen and oxygen atoms in total. The van der Waals surface area contributed by atoms with Crippen molar-refractivity contribution < 1.29 is 96.9 Å². The van der Waals surface area contributed by atoms with E-state index >= 15 is 0 Å². The van der Waals surface area contributed by atoms with Gasteiger partial charge in [-0.2, -0.15) is 70.2 Å². The molecule has 35 heavy (non-hydrogen) atoms. The molecular weight excluding hydrogens is 571 g/mol. The quantitative estimate of drug-likeness (QED) is 0.197. The van der Waals surface area contributed by atoms with Crippen LogP contribution in [-0.4, -0.2) is 78.6 Å². The Kier molecular flexibility index (Phi) is 7.20. The average molecular weight is 576 g/mol. The SMILES string of the molecule is FC(F)C(F)(F)C(F)(F)C(F)(F)C(F)(F)C(F)(F)C(F)(F)C(F)(F)C(F)(F)C(F)C(F)(F)C1CO1. The molecule has 0 amide bonds. The van der Waals surface area contributed by atoms with Crippen LogP contribution in [0.1, 0.15) is 0 Å². The fraction of sp³-hybridized carbons (Fsp3) is 1.00. The summed E-state index contributed by atoms with van der Waals surface area (Å²) in [6.07, 6.45) is -15.2.